The van der Waals surface area contributed by atoms with Crippen molar-refractivity contribution in [3.05, 3.63) is 58.7 Å². The summed E-state index contributed by atoms with van der Waals surface area (Å²) in [5.41, 5.74) is 4.69. The first kappa shape index (κ1) is 22.6. The Bertz CT molecular complexity index is 976. The van der Waals surface area contributed by atoms with E-state index in [1.807, 2.05) is 32.9 Å². The first-order valence-corrected chi connectivity index (χ1v) is 10.8. The number of benzene rings is 2. The van der Waals surface area contributed by atoms with Crippen molar-refractivity contribution in [3.63, 3.8) is 0 Å². The Morgan fingerprint density at radius 1 is 0.931 bits per heavy atom. The van der Waals surface area contributed by atoms with Crippen molar-refractivity contribution in [2.24, 2.45) is 0 Å². The maximum absolute atomic E-state index is 12.2. The van der Waals surface area contributed by atoms with Gasteiger partial charge in [0.25, 0.3) is 0 Å². The Morgan fingerprint density at radius 2 is 1.52 bits per heavy atom. The summed E-state index contributed by atoms with van der Waals surface area (Å²) < 4.78 is 25.7. The summed E-state index contributed by atoms with van der Waals surface area (Å²) in [5, 5.41) is 5.46. The third kappa shape index (κ3) is 6.40. The Balaban J connectivity index is 1.82. The lowest BCUT2D eigenvalue weighted by molar-refractivity contribution is -0.124. The fourth-order valence-electron chi connectivity index (χ4n) is 3.04. The molecular formula is C21H27N3O4S. The van der Waals surface area contributed by atoms with E-state index in [1.54, 1.807) is 12.1 Å². The molecule has 0 heterocycles. The number of anilines is 1. The fraction of sp³-hybridized carbons (Fsp3) is 0.333. The van der Waals surface area contributed by atoms with Crippen LogP contribution in [0.2, 0.25) is 0 Å². The number of nitrogens with one attached hydrogen (secondary N) is 3. The van der Waals surface area contributed by atoms with Gasteiger partial charge in [0.15, 0.2) is 0 Å². The van der Waals surface area contributed by atoms with E-state index in [-0.39, 0.29) is 29.7 Å². The summed E-state index contributed by atoms with van der Waals surface area (Å²) in [6.45, 7) is 5.76. The molecule has 0 aliphatic carbocycles. The summed E-state index contributed by atoms with van der Waals surface area (Å²) in [5.74, 6) is -0.528. The van der Waals surface area contributed by atoms with Crippen LogP contribution in [0.5, 0.6) is 0 Å². The van der Waals surface area contributed by atoms with E-state index in [9.17, 15) is 18.0 Å². The summed E-state index contributed by atoms with van der Waals surface area (Å²) in [6, 6.07) is 10.3. The first-order valence-electron chi connectivity index (χ1n) is 9.29. The minimum atomic E-state index is -3.47. The van der Waals surface area contributed by atoms with Crippen LogP contribution in [0.15, 0.2) is 41.3 Å². The predicted octanol–water partition coefficient (Wildman–Crippen LogP) is 2.21. The topological polar surface area (TPSA) is 104 Å². The molecule has 2 rings (SSSR count). The van der Waals surface area contributed by atoms with Crippen LogP contribution in [0.4, 0.5) is 5.69 Å². The molecule has 0 aliphatic heterocycles. The lowest BCUT2D eigenvalue weighted by Crippen LogP contribution is -2.33. The number of carbonyl (C=O) groups is 2. The molecule has 0 atom stereocenters. The molecule has 0 saturated heterocycles. The van der Waals surface area contributed by atoms with E-state index in [1.165, 1.54) is 19.2 Å². The van der Waals surface area contributed by atoms with Crippen LogP contribution in [0, 0.1) is 20.8 Å². The van der Waals surface area contributed by atoms with Crippen molar-refractivity contribution in [2.75, 3.05) is 18.9 Å². The van der Waals surface area contributed by atoms with E-state index >= 15 is 0 Å². The highest BCUT2D eigenvalue weighted by Gasteiger charge is 2.12. The molecule has 7 nitrogen and oxygen atoms in total. The predicted molar refractivity (Wildman–Crippen MR) is 113 cm³/mol. The second kappa shape index (κ2) is 9.67. The van der Waals surface area contributed by atoms with Gasteiger partial charge < -0.3 is 10.6 Å². The van der Waals surface area contributed by atoms with Gasteiger partial charge in [-0.2, -0.15) is 0 Å². The van der Waals surface area contributed by atoms with E-state index in [0.717, 1.165) is 27.9 Å². The number of amides is 2. The molecule has 8 heteroatoms. The third-order valence-corrected chi connectivity index (χ3v) is 5.96. The monoisotopic (exact) mass is 417 g/mol. The molecule has 0 unspecified atom stereocenters. The smallest absolute Gasteiger partial charge is 0.243 e. The molecule has 0 aromatic heterocycles. The Hall–Kier alpha value is -2.71. The van der Waals surface area contributed by atoms with E-state index < -0.39 is 10.0 Å². The summed E-state index contributed by atoms with van der Waals surface area (Å²) in [7, 11) is -2.12. The molecule has 2 amide bonds. The molecule has 0 saturated carbocycles. The average Bonchev–Trinajstić information content (AvgIpc) is 2.67. The lowest BCUT2D eigenvalue weighted by Gasteiger charge is -2.13. The van der Waals surface area contributed by atoms with Gasteiger partial charge in [-0.15, -0.1) is 0 Å². The molecule has 29 heavy (non-hydrogen) atoms. The van der Waals surface area contributed by atoms with Gasteiger partial charge in [-0.05, 0) is 63.1 Å². The highest BCUT2D eigenvalue weighted by Crippen LogP contribution is 2.21. The van der Waals surface area contributed by atoms with Crippen molar-refractivity contribution in [2.45, 2.75) is 38.5 Å². The summed E-state index contributed by atoms with van der Waals surface area (Å²) in [6.07, 6.45) is 0.650. The van der Waals surface area contributed by atoms with Crippen molar-refractivity contribution in [1.29, 1.82) is 0 Å². The number of sulfonamides is 1. The van der Waals surface area contributed by atoms with Gasteiger partial charge >= 0.3 is 0 Å². The van der Waals surface area contributed by atoms with E-state index in [0.29, 0.717) is 6.42 Å². The molecule has 3 N–H and O–H groups in total. The molecule has 2 aromatic carbocycles. The Kier molecular flexibility index (Phi) is 7.53. The van der Waals surface area contributed by atoms with Crippen molar-refractivity contribution < 1.29 is 18.0 Å². The van der Waals surface area contributed by atoms with Crippen LogP contribution in [0.3, 0.4) is 0 Å². The standard InChI is InChI=1S/C21H27N3O4S/c1-14-11-15(2)21(16(3)12-14)24-20(26)13-23-19(25)10-7-17-5-8-18(9-6-17)29(27,28)22-4/h5-6,8-9,11-12,22H,7,10,13H2,1-4H3,(H,23,25)(H,24,26). The Morgan fingerprint density at radius 3 is 2.07 bits per heavy atom. The van der Waals surface area contributed by atoms with Gasteiger partial charge in [0.2, 0.25) is 21.8 Å². The normalized spacial score (nSPS) is 11.2. The van der Waals surface area contributed by atoms with E-state index in [2.05, 4.69) is 15.4 Å². The minimum Gasteiger partial charge on any atom is -0.347 e. The fourth-order valence-corrected chi connectivity index (χ4v) is 3.77. The van der Waals surface area contributed by atoms with Crippen LogP contribution in [0.1, 0.15) is 28.7 Å². The highest BCUT2D eigenvalue weighted by molar-refractivity contribution is 7.89. The van der Waals surface area contributed by atoms with E-state index in [4.69, 9.17) is 0 Å². The molecule has 0 radical (unpaired) electrons. The molecule has 0 aliphatic rings. The lowest BCUT2D eigenvalue weighted by atomic mass is 10.1. The molecule has 156 valence electrons. The summed E-state index contributed by atoms with van der Waals surface area (Å²) in [4.78, 5) is 24.4. The first-order chi connectivity index (χ1) is 13.6. The van der Waals surface area contributed by atoms with Gasteiger partial charge in [0.05, 0.1) is 11.4 Å². The second-order valence-corrected chi connectivity index (χ2v) is 8.84. The van der Waals surface area contributed by atoms with Gasteiger partial charge in [0.1, 0.15) is 0 Å². The van der Waals surface area contributed by atoms with Gasteiger partial charge in [-0.1, -0.05) is 29.8 Å². The number of hydrogen-bond donors (Lipinski definition) is 3. The number of hydrogen-bond acceptors (Lipinski definition) is 4. The molecular weight excluding hydrogens is 390 g/mol. The van der Waals surface area contributed by atoms with Gasteiger partial charge in [-0.25, -0.2) is 13.1 Å². The van der Waals surface area contributed by atoms with Crippen molar-refractivity contribution in [1.82, 2.24) is 10.0 Å². The molecule has 2 aromatic rings. The highest BCUT2D eigenvalue weighted by atomic mass is 32.2. The molecule has 0 bridgehead atoms. The zero-order valence-electron chi connectivity index (χ0n) is 17.1. The van der Waals surface area contributed by atoms with Crippen LogP contribution in [-0.2, 0) is 26.0 Å². The van der Waals surface area contributed by atoms with Gasteiger partial charge in [-0.3, -0.25) is 9.59 Å². The molecule has 0 spiro atoms. The number of aryl methyl sites for hydroxylation is 4. The van der Waals surface area contributed by atoms with Crippen molar-refractivity contribution in [3.8, 4) is 0 Å². The zero-order valence-corrected chi connectivity index (χ0v) is 17.9. The van der Waals surface area contributed by atoms with Crippen LogP contribution < -0.4 is 15.4 Å². The minimum absolute atomic E-state index is 0.106. The number of rotatable bonds is 8. The van der Waals surface area contributed by atoms with Crippen LogP contribution in [0.25, 0.3) is 0 Å². The van der Waals surface area contributed by atoms with Crippen LogP contribution >= 0.6 is 0 Å². The quantitative estimate of drug-likeness (QED) is 0.612. The van der Waals surface area contributed by atoms with Gasteiger partial charge in [0, 0.05) is 12.1 Å². The maximum atomic E-state index is 12.2. The average molecular weight is 418 g/mol. The largest absolute Gasteiger partial charge is 0.347 e. The summed E-state index contributed by atoms with van der Waals surface area (Å²) >= 11 is 0. The SMILES string of the molecule is CNS(=O)(=O)c1ccc(CCC(=O)NCC(=O)Nc2c(C)cc(C)cc2C)cc1. The second-order valence-electron chi connectivity index (χ2n) is 6.95. The third-order valence-electron chi connectivity index (χ3n) is 4.53. The molecule has 0 fully saturated rings. The van der Waals surface area contributed by atoms with Crippen molar-refractivity contribution >= 4 is 27.5 Å². The zero-order chi connectivity index (χ0) is 21.6. The van der Waals surface area contributed by atoms with Crippen LogP contribution in [-0.4, -0.2) is 33.8 Å². The Labute approximate surface area is 172 Å². The number of carbonyl (C=O) groups excluding carboxylic acids is 2. The maximum Gasteiger partial charge on any atom is 0.243 e.